The summed E-state index contributed by atoms with van der Waals surface area (Å²) < 4.78 is 11.1. The number of pyridine rings is 1. The average Bonchev–Trinajstić information content (AvgIpc) is 3.12. The van der Waals surface area contributed by atoms with Gasteiger partial charge in [-0.1, -0.05) is 46.8 Å². The Hall–Kier alpha value is -2.93. The summed E-state index contributed by atoms with van der Waals surface area (Å²) in [5, 5.41) is 10.6. The van der Waals surface area contributed by atoms with E-state index in [1.807, 2.05) is 38.1 Å². The van der Waals surface area contributed by atoms with Crippen LogP contribution in [0, 0.1) is 11.8 Å². The molecule has 0 saturated carbocycles. The predicted octanol–water partition coefficient (Wildman–Crippen LogP) is 5.11. The van der Waals surface area contributed by atoms with E-state index < -0.39 is 17.6 Å². The summed E-state index contributed by atoms with van der Waals surface area (Å²) in [6, 6.07) is 10.4. The summed E-state index contributed by atoms with van der Waals surface area (Å²) >= 11 is 0. The van der Waals surface area contributed by atoms with E-state index in [9.17, 15) is 14.7 Å². The van der Waals surface area contributed by atoms with Crippen LogP contribution < -0.4 is 4.74 Å². The standard InChI is InChI=1S/C28H38N2O5/c1-18(2)15-28(26(32)33)16-20(17-34-6)24(22-10-8-9-13-29-22)30(28)25(31)19-11-12-21(27(3,4)5)23(14-19)35-7/h8-14,18,20,24H,15-17H2,1-7H3,(H,32,33)/t20-,24+,28-/m0/s1. The molecular formula is C28H38N2O5. The quantitative estimate of drug-likeness (QED) is 0.563. The second-order valence-electron chi connectivity index (χ2n) is 10.9. The number of hydrogen-bond acceptors (Lipinski definition) is 5. The number of aromatic nitrogens is 1. The molecule has 190 valence electrons. The monoisotopic (exact) mass is 482 g/mol. The maximum Gasteiger partial charge on any atom is 0.329 e. The average molecular weight is 483 g/mol. The number of carbonyl (C=O) groups is 2. The predicted molar refractivity (Wildman–Crippen MR) is 135 cm³/mol. The van der Waals surface area contributed by atoms with E-state index in [0.717, 1.165) is 5.56 Å². The Labute approximate surface area is 208 Å². The number of nitrogens with zero attached hydrogens (tertiary/aromatic N) is 2. The highest BCUT2D eigenvalue weighted by Crippen LogP contribution is 2.50. The van der Waals surface area contributed by atoms with Crippen molar-refractivity contribution in [3.63, 3.8) is 0 Å². The van der Waals surface area contributed by atoms with Gasteiger partial charge in [0.2, 0.25) is 0 Å². The van der Waals surface area contributed by atoms with Crippen LogP contribution in [0.1, 0.15) is 75.1 Å². The van der Waals surface area contributed by atoms with E-state index >= 15 is 0 Å². The third-order valence-electron chi connectivity index (χ3n) is 6.78. The Morgan fingerprint density at radius 2 is 1.91 bits per heavy atom. The molecule has 2 aromatic rings. The summed E-state index contributed by atoms with van der Waals surface area (Å²) in [5.41, 5.74) is 0.467. The molecule has 7 nitrogen and oxygen atoms in total. The largest absolute Gasteiger partial charge is 0.496 e. The van der Waals surface area contributed by atoms with Crippen molar-refractivity contribution < 1.29 is 24.2 Å². The first-order valence-corrected chi connectivity index (χ1v) is 12.1. The number of carbonyl (C=O) groups excluding carboxylic acids is 1. The second kappa shape index (κ2) is 10.4. The van der Waals surface area contributed by atoms with Crippen molar-refractivity contribution in [1.82, 2.24) is 9.88 Å². The molecule has 0 unspecified atom stereocenters. The molecule has 1 aliphatic heterocycles. The van der Waals surface area contributed by atoms with Gasteiger partial charge in [-0.25, -0.2) is 4.79 Å². The summed E-state index contributed by atoms with van der Waals surface area (Å²) in [6.45, 7) is 10.5. The number of hydrogen-bond donors (Lipinski definition) is 1. The van der Waals surface area contributed by atoms with E-state index in [1.54, 1.807) is 37.4 Å². The van der Waals surface area contributed by atoms with Gasteiger partial charge >= 0.3 is 5.97 Å². The molecule has 1 saturated heterocycles. The fraction of sp³-hybridized carbons (Fsp3) is 0.536. The van der Waals surface area contributed by atoms with Gasteiger partial charge in [-0.15, -0.1) is 0 Å². The normalized spacial score (nSPS) is 22.5. The first-order valence-electron chi connectivity index (χ1n) is 12.1. The Bertz CT molecular complexity index is 1050. The minimum Gasteiger partial charge on any atom is -0.496 e. The Kier molecular flexibility index (Phi) is 7.90. The molecule has 35 heavy (non-hydrogen) atoms. The number of carboxylic acids is 1. The van der Waals surface area contributed by atoms with Crippen LogP contribution in [0.15, 0.2) is 42.6 Å². The third-order valence-corrected chi connectivity index (χ3v) is 6.78. The lowest BCUT2D eigenvalue weighted by atomic mass is 9.83. The van der Waals surface area contributed by atoms with Gasteiger partial charge in [-0.2, -0.15) is 0 Å². The lowest BCUT2D eigenvalue weighted by molar-refractivity contribution is -0.150. The first-order chi connectivity index (χ1) is 16.5. The molecular weight excluding hydrogens is 444 g/mol. The van der Waals surface area contributed by atoms with Crippen molar-refractivity contribution in [3.8, 4) is 5.75 Å². The summed E-state index contributed by atoms with van der Waals surface area (Å²) in [4.78, 5) is 33.3. The summed E-state index contributed by atoms with van der Waals surface area (Å²) in [7, 11) is 3.18. The van der Waals surface area contributed by atoms with Gasteiger partial charge in [0.1, 0.15) is 11.3 Å². The third kappa shape index (κ3) is 5.20. The van der Waals surface area contributed by atoms with Crippen LogP contribution in [-0.4, -0.2) is 53.2 Å². The molecule has 3 atom stereocenters. The lowest BCUT2D eigenvalue weighted by Crippen LogP contribution is -2.54. The molecule has 0 bridgehead atoms. The number of aliphatic carboxylic acids is 1. The van der Waals surface area contributed by atoms with Crippen LogP contribution >= 0.6 is 0 Å². The topological polar surface area (TPSA) is 89.0 Å². The van der Waals surface area contributed by atoms with E-state index in [1.165, 1.54) is 0 Å². The van der Waals surface area contributed by atoms with Gasteiger partial charge in [-0.05, 0) is 54.0 Å². The molecule has 1 N–H and O–H groups in total. The smallest absolute Gasteiger partial charge is 0.329 e. The lowest BCUT2D eigenvalue weighted by Gasteiger charge is -2.39. The molecule has 0 aliphatic carbocycles. The minimum atomic E-state index is -1.38. The second-order valence-corrected chi connectivity index (χ2v) is 10.9. The molecule has 1 aromatic carbocycles. The van der Waals surface area contributed by atoms with Crippen LogP contribution in [0.25, 0.3) is 0 Å². The maximum absolute atomic E-state index is 14.2. The molecule has 0 radical (unpaired) electrons. The molecule has 1 aliphatic rings. The van der Waals surface area contributed by atoms with Crippen molar-refractivity contribution in [3.05, 3.63) is 59.4 Å². The highest BCUT2D eigenvalue weighted by atomic mass is 16.5. The van der Waals surface area contributed by atoms with Crippen molar-refractivity contribution in [2.45, 2.75) is 64.5 Å². The van der Waals surface area contributed by atoms with Gasteiger partial charge in [-0.3, -0.25) is 9.78 Å². The first kappa shape index (κ1) is 26.7. The van der Waals surface area contributed by atoms with Crippen LogP contribution in [0.3, 0.4) is 0 Å². The van der Waals surface area contributed by atoms with Crippen LogP contribution in [0.4, 0.5) is 0 Å². The van der Waals surface area contributed by atoms with Gasteiger partial charge < -0.3 is 19.5 Å². The van der Waals surface area contributed by atoms with Crippen molar-refractivity contribution >= 4 is 11.9 Å². The summed E-state index contributed by atoms with van der Waals surface area (Å²) in [5.74, 6) is -0.900. The van der Waals surface area contributed by atoms with Gasteiger partial charge in [0.05, 0.1) is 25.5 Å². The Balaban J connectivity index is 2.22. The summed E-state index contributed by atoms with van der Waals surface area (Å²) in [6.07, 6.45) is 2.29. The zero-order valence-corrected chi connectivity index (χ0v) is 21.9. The zero-order valence-electron chi connectivity index (χ0n) is 21.9. The van der Waals surface area contributed by atoms with Crippen molar-refractivity contribution in [2.24, 2.45) is 11.8 Å². The van der Waals surface area contributed by atoms with Gasteiger partial charge in [0, 0.05) is 24.8 Å². The molecule has 0 spiro atoms. The number of methoxy groups -OCH3 is 2. The Morgan fingerprint density at radius 3 is 2.43 bits per heavy atom. The molecule has 2 heterocycles. The number of benzene rings is 1. The van der Waals surface area contributed by atoms with E-state index in [2.05, 4.69) is 25.8 Å². The van der Waals surface area contributed by atoms with E-state index in [0.29, 0.717) is 36.5 Å². The van der Waals surface area contributed by atoms with Crippen molar-refractivity contribution in [2.75, 3.05) is 20.8 Å². The molecule has 1 fully saturated rings. The fourth-order valence-corrected chi connectivity index (χ4v) is 5.45. The number of ether oxygens (including phenoxy) is 2. The van der Waals surface area contributed by atoms with E-state index in [-0.39, 0.29) is 23.2 Å². The van der Waals surface area contributed by atoms with Gasteiger partial charge in [0.15, 0.2) is 0 Å². The minimum absolute atomic E-state index is 0.0601. The SMILES string of the molecule is COC[C@@H]1C[C@@](CC(C)C)(C(=O)O)N(C(=O)c2ccc(C(C)(C)C)c(OC)c2)[C@H]1c1ccccn1. The molecule has 7 heteroatoms. The highest BCUT2D eigenvalue weighted by molar-refractivity contribution is 5.99. The number of carboxylic acid groups (broad SMARTS) is 1. The fourth-order valence-electron chi connectivity index (χ4n) is 5.45. The Morgan fingerprint density at radius 1 is 1.20 bits per heavy atom. The maximum atomic E-state index is 14.2. The number of amides is 1. The molecule has 3 rings (SSSR count). The molecule has 1 aromatic heterocycles. The zero-order chi connectivity index (χ0) is 26.0. The molecule has 1 amide bonds. The van der Waals surface area contributed by atoms with E-state index in [4.69, 9.17) is 9.47 Å². The van der Waals surface area contributed by atoms with Gasteiger partial charge in [0.25, 0.3) is 5.91 Å². The number of likely N-dealkylation sites (tertiary alicyclic amines) is 1. The van der Waals surface area contributed by atoms with Crippen LogP contribution in [-0.2, 0) is 14.9 Å². The number of rotatable bonds is 8. The van der Waals surface area contributed by atoms with Crippen molar-refractivity contribution in [1.29, 1.82) is 0 Å². The van der Waals surface area contributed by atoms with Crippen LogP contribution in [0.2, 0.25) is 0 Å². The highest BCUT2D eigenvalue weighted by Gasteiger charge is 2.59. The van der Waals surface area contributed by atoms with Crippen LogP contribution in [0.5, 0.6) is 5.75 Å².